The Balaban J connectivity index is 2.09. The van der Waals surface area contributed by atoms with E-state index in [2.05, 4.69) is 5.32 Å². The van der Waals surface area contributed by atoms with Crippen LogP contribution in [0, 0.1) is 12.8 Å². The van der Waals surface area contributed by atoms with Crippen molar-refractivity contribution in [2.45, 2.75) is 39.8 Å². The third kappa shape index (κ3) is 9.36. The maximum Gasteiger partial charge on any atom is 0.244 e. The first-order chi connectivity index (χ1) is 19.3. The number of benzene rings is 3. The van der Waals surface area contributed by atoms with E-state index in [9.17, 15) is 18.0 Å². The fourth-order valence-electron chi connectivity index (χ4n) is 4.26. The molecule has 0 fully saturated rings. The zero-order valence-corrected chi connectivity index (χ0v) is 26.5. The molecule has 0 aliphatic heterocycles. The number of halogens is 3. The summed E-state index contributed by atoms with van der Waals surface area (Å²) in [5.74, 6) is -0.732. The number of carbonyl (C=O) groups is 2. The third-order valence-corrected chi connectivity index (χ3v) is 8.51. The summed E-state index contributed by atoms with van der Waals surface area (Å²) >= 11 is 18.6. The summed E-state index contributed by atoms with van der Waals surface area (Å²) in [4.78, 5) is 29.2. The van der Waals surface area contributed by atoms with Gasteiger partial charge >= 0.3 is 0 Å². The highest BCUT2D eigenvalue weighted by Gasteiger charge is 2.33. The Kier molecular flexibility index (Phi) is 11.5. The van der Waals surface area contributed by atoms with Crippen molar-refractivity contribution in [3.05, 3.63) is 98.5 Å². The Bertz CT molecular complexity index is 1480. The normalized spacial score (nSPS) is 12.2. The number of nitrogens with one attached hydrogen (secondary N) is 1. The fraction of sp³-hybridized carbons (Fsp3) is 0.333. The molecule has 7 nitrogen and oxygen atoms in total. The van der Waals surface area contributed by atoms with Crippen molar-refractivity contribution in [3.8, 4) is 0 Å². The van der Waals surface area contributed by atoms with Crippen LogP contribution in [-0.2, 0) is 32.6 Å². The van der Waals surface area contributed by atoms with Crippen LogP contribution in [0.25, 0.3) is 0 Å². The average molecular weight is 639 g/mol. The third-order valence-electron chi connectivity index (χ3n) is 6.41. The number of hydrogen-bond donors (Lipinski definition) is 1. The van der Waals surface area contributed by atoms with Crippen molar-refractivity contribution >= 4 is 62.3 Å². The highest BCUT2D eigenvalue weighted by molar-refractivity contribution is 7.92. The molecular formula is C30H34Cl3N3O4S. The van der Waals surface area contributed by atoms with Crippen LogP contribution in [0.3, 0.4) is 0 Å². The van der Waals surface area contributed by atoms with Gasteiger partial charge < -0.3 is 10.2 Å². The molecule has 0 aliphatic rings. The monoisotopic (exact) mass is 637 g/mol. The van der Waals surface area contributed by atoms with E-state index in [-0.39, 0.29) is 30.5 Å². The van der Waals surface area contributed by atoms with E-state index in [0.29, 0.717) is 32.7 Å². The lowest BCUT2D eigenvalue weighted by Gasteiger charge is -2.34. The molecular weight excluding hydrogens is 605 g/mol. The minimum Gasteiger partial charge on any atom is -0.354 e. The number of amides is 2. The Morgan fingerprint density at radius 3 is 2.20 bits per heavy atom. The van der Waals surface area contributed by atoms with Gasteiger partial charge in [-0.25, -0.2) is 8.42 Å². The maximum atomic E-state index is 14.1. The molecule has 1 unspecified atom stereocenters. The van der Waals surface area contributed by atoms with Crippen LogP contribution in [0.15, 0.2) is 66.7 Å². The highest BCUT2D eigenvalue weighted by Crippen LogP contribution is 2.28. The molecule has 2 amide bonds. The van der Waals surface area contributed by atoms with Crippen LogP contribution >= 0.6 is 34.8 Å². The summed E-state index contributed by atoms with van der Waals surface area (Å²) in [6, 6.07) is 18.2. The summed E-state index contributed by atoms with van der Waals surface area (Å²) < 4.78 is 27.0. The molecule has 0 bridgehead atoms. The van der Waals surface area contributed by atoms with Crippen molar-refractivity contribution in [3.63, 3.8) is 0 Å². The van der Waals surface area contributed by atoms with Crippen LogP contribution < -0.4 is 9.62 Å². The van der Waals surface area contributed by atoms with E-state index in [0.717, 1.165) is 16.1 Å². The molecule has 3 rings (SSSR count). The van der Waals surface area contributed by atoms with Gasteiger partial charge in [-0.2, -0.15) is 0 Å². The number of aryl methyl sites for hydroxylation is 1. The van der Waals surface area contributed by atoms with Crippen LogP contribution in [0.2, 0.25) is 15.1 Å². The van der Waals surface area contributed by atoms with Gasteiger partial charge in [0.2, 0.25) is 21.8 Å². The molecule has 11 heteroatoms. The molecule has 220 valence electrons. The molecule has 3 aromatic carbocycles. The molecule has 1 N–H and O–H groups in total. The largest absolute Gasteiger partial charge is 0.354 e. The van der Waals surface area contributed by atoms with Crippen molar-refractivity contribution in [2.24, 2.45) is 5.92 Å². The van der Waals surface area contributed by atoms with Crippen LogP contribution in [0.1, 0.15) is 30.5 Å². The van der Waals surface area contributed by atoms with E-state index < -0.39 is 28.5 Å². The fourth-order valence-corrected chi connectivity index (χ4v) is 5.64. The minimum absolute atomic E-state index is 0.00551. The molecule has 3 aromatic rings. The first kappa shape index (κ1) is 32.7. The zero-order valence-electron chi connectivity index (χ0n) is 23.4. The molecule has 0 radical (unpaired) electrons. The lowest BCUT2D eigenvalue weighted by atomic mass is 10.0. The summed E-state index contributed by atoms with van der Waals surface area (Å²) in [6.45, 7) is 5.55. The Morgan fingerprint density at radius 2 is 1.59 bits per heavy atom. The first-order valence-corrected chi connectivity index (χ1v) is 16.0. The van der Waals surface area contributed by atoms with Crippen molar-refractivity contribution in [1.29, 1.82) is 0 Å². The molecule has 0 saturated heterocycles. The molecule has 41 heavy (non-hydrogen) atoms. The predicted octanol–water partition coefficient (Wildman–Crippen LogP) is 6.13. The van der Waals surface area contributed by atoms with Gasteiger partial charge in [-0.15, -0.1) is 0 Å². The molecule has 0 saturated carbocycles. The predicted molar refractivity (Wildman–Crippen MR) is 167 cm³/mol. The summed E-state index contributed by atoms with van der Waals surface area (Å²) in [5, 5.41) is 3.92. The van der Waals surface area contributed by atoms with E-state index >= 15 is 0 Å². The molecule has 0 spiro atoms. The van der Waals surface area contributed by atoms with Crippen LogP contribution in [-0.4, -0.2) is 50.5 Å². The quantitative estimate of drug-likeness (QED) is 0.259. The van der Waals surface area contributed by atoms with Crippen LogP contribution in [0.4, 0.5) is 5.69 Å². The number of nitrogens with zero attached hydrogens (tertiary/aromatic N) is 2. The summed E-state index contributed by atoms with van der Waals surface area (Å²) in [5.41, 5.74) is 2.38. The lowest BCUT2D eigenvalue weighted by molar-refractivity contribution is -0.140. The Morgan fingerprint density at radius 1 is 0.902 bits per heavy atom. The average Bonchev–Trinajstić information content (AvgIpc) is 2.91. The highest BCUT2D eigenvalue weighted by atomic mass is 35.5. The van der Waals surface area contributed by atoms with E-state index in [1.165, 1.54) is 11.0 Å². The number of hydrogen-bond acceptors (Lipinski definition) is 4. The van der Waals surface area contributed by atoms with Gasteiger partial charge in [-0.05, 0) is 53.8 Å². The van der Waals surface area contributed by atoms with Gasteiger partial charge in [0.25, 0.3) is 0 Å². The smallest absolute Gasteiger partial charge is 0.244 e. The Labute approximate surface area is 257 Å². The zero-order chi connectivity index (χ0) is 30.3. The van der Waals surface area contributed by atoms with Crippen molar-refractivity contribution in [1.82, 2.24) is 10.2 Å². The first-order valence-electron chi connectivity index (χ1n) is 13.0. The number of anilines is 1. The molecule has 0 heterocycles. The molecule has 1 atom stereocenters. The second-order valence-electron chi connectivity index (χ2n) is 10.3. The summed E-state index contributed by atoms with van der Waals surface area (Å²) in [6.07, 6.45) is 1.24. The number of sulfonamides is 1. The maximum absolute atomic E-state index is 14.1. The van der Waals surface area contributed by atoms with E-state index in [1.807, 2.05) is 44.2 Å². The summed E-state index contributed by atoms with van der Waals surface area (Å²) in [7, 11) is -3.91. The van der Waals surface area contributed by atoms with E-state index in [4.69, 9.17) is 34.8 Å². The van der Waals surface area contributed by atoms with Gasteiger partial charge in [-0.1, -0.05) is 91.1 Å². The number of carbonyl (C=O) groups excluding carboxylic acids is 2. The minimum atomic E-state index is -3.91. The topological polar surface area (TPSA) is 86.8 Å². The van der Waals surface area contributed by atoms with Crippen LogP contribution in [0.5, 0.6) is 0 Å². The lowest BCUT2D eigenvalue weighted by Crippen LogP contribution is -2.53. The molecule has 0 aromatic heterocycles. The number of rotatable bonds is 12. The van der Waals surface area contributed by atoms with Gasteiger partial charge in [0.15, 0.2) is 0 Å². The van der Waals surface area contributed by atoms with E-state index in [1.54, 1.807) is 37.3 Å². The second kappa shape index (κ2) is 14.4. The van der Waals surface area contributed by atoms with Crippen molar-refractivity contribution < 1.29 is 18.0 Å². The van der Waals surface area contributed by atoms with Crippen molar-refractivity contribution in [2.75, 3.05) is 23.7 Å². The second-order valence-corrected chi connectivity index (χ2v) is 13.5. The van der Waals surface area contributed by atoms with Gasteiger partial charge in [0, 0.05) is 24.5 Å². The van der Waals surface area contributed by atoms with Gasteiger partial charge in [0.05, 0.1) is 22.0 Å². The standard InChI is InChI=1S/C30H34Cl3N3O4S/c1-20(2)17-34-30(38)28(15-22-8-6-5-7-9-22)35(18-23-11-13-25(32)26(33)14-23)29(37)19-36(41(4,39)40)27-16-24(31)12-10-21(27)3/h5-14,16,20,28H,15,17-19H2,1-4H3,(H,34,38). The Hall–Kier alpha value is -2.78. The van der Waals surface area contributed by atoms with Gasteiger partial charge in [0.1, 0.15) is 12.6 Å². The molecule has 0 aliphatic carbocycles. The SMILES string of the molecule is Cc1ccc(Cl)cc1N(CC(=O)N(Cc1ccc(Cl)c(Cl)c1)C(Cc1ccccc1)C(=O)NCC(C)C)S(C)(=O)=O. The van der Waals surface area contributed by atoms with Gasteiger partial charge in [-0.3, -0.25) is 13.9 Å².